The quantitative estimate of drug-likeness (QED) is 0.718. The van der Waals surface area contributed by atoms with Gasteiger partial charge in [-0.1, -0.05) is 12.8 Å². The number of carbonyl (C=O) groups excluding carboxylic acids is 2. The lowest BCUT2D eigenvalue weighted by Crippen LogP contribution is -2.38. The topological polar surface area (TPSA) is 64.7 Å². The minimum atomic E-state index is -0.00977. The second-order valence-corrected chi connectivity index (χ2v) is 9.05. The van der Waals surface area contributed by atoms with Crippen LogP contribution in [0.2, 0.25) is 0 Å². The van der Waals surface area contributed by atoms with Crippen molar-refractivity contribution in [1.29, 1.82) is 0 Å². The Morgan fingerprint density at radius 3 is 2.27 bits per heavy atom. The molecule has 2 N–H and O–H groups in total. The molecule has 3 aliphatic rings. The van der Waals surface area contributed by atoms with E-state index in [-0.39, 0.29) is 17.7 Å². The molecule has 2 saturated heterocycles. The number of amides is 2. The Balaban J connectivity index is 1.42. The Labute approximate surface area is 180 Å². The Kier molecular flexibility index (Phi) is 7.26. The predicted molar refractivity (Wildman–Crippen MR) is 121 cm³/mol. The Bertz CT molecular complexity index is 735. The summed E-state index contributed by atoms with van der Waals surface area (Å²) in [4.78, 5) is 30.1. The van der Waals surface area contributed by atoms with Crippen molar-refractivity contribution in [3.05, 3.63) is 23.8 Å². The highest BCUT2D eigenvalue weighted by molar-refractivity contribution is 6.01. The number of nitrogens with one attached hydrogen (secondary N) is 2. The van der Waals surface area contributed by atoms with Crippen LogP contribution in [0.4, 0.5) is 11.4 Å². The monoisotopic (exact) mass is 412 g/mol. The van der Waals surface area contributed by atoms with Crippen LogP contribution in [0.5, 0.6) is 0 Å². The highest BCUT2D eigenvalue weighted by Crippen LogP contribution is 2.30. The molecule has 3 fully saturated rings. The number of nitrogens with zero attached hydrogens (tertiary/aromatic N) is 2. The van der Waals surface area contributed by atoms with Gasteiger partial charge in [0.25, 0.3) is 5.91 Å². The Hall–Kier alpha value is -2.08. The van der Waals surface area contributed by atoms with Gasteiger partial charge in [0.2, 0.25) is 5.91 Å². The zero-order valence-electron chi connectivity index (χ0n) is 18.1. The third kappa shape index (κ3) is 5.34. The summed E-state index contributed by atoms with van der Waals surface area (Å²) in [5.41, 5.74) is 2.48. The molecule has 0 spiro atoms. The van der Waals surface area contributed by atoms with Gasteiger partial charge in [0.1, 0.15) is 0 Å². The van der Waals surface area contributed by atoms with Gasteiger partial charge in [0.05, 0.1) is 11.3 Å². The molecule has 1 aromatic rings. The lowest BCUT2D eigenvalue weighted by Gasteiger charge is -2.31. The van der Waals surface area contributed by atoms with Crippen molar-refractivity contribution in [3.63, 3.8) is 0 Å². The van der Waals surface area contributed by atoms with E-state index in [0.29, 0.717) is 6.54 Å². The molecule has 1 aliphatic carbocycles. The van der Waals surface area contributed by atoms with Crippen molar-refractivity contribution in [2.45, 2.75) is 57.8 Å². The van der Waals surface area contributed by atoms with E-state index in [4.69, 9.17) is 0 Å². The summed E-state index contributed by atoms with van der Waals surface area (Å²) >= 11 is 0. The SMILES string of the molecule is O=C(NCCN1CCCCC1)c1ccc(NC(=O)C2CCC2)cc1N1CCCCC1. The Morgan fingerprint density at radius 1 is 0.900 bits per heavy atom. The summed E-state index contributed by atoms with van der Waals surface area (Å²) in [5.74, 6) is 0.259. The molecule has 4 rings (SSSR count). The number of piperidine rings is 2. The molecule has 0 aromatic heterocycles. The molecule has 0 radical (unpaired) electrons. The maximum Gasteiger partial charge on any atom is 0.253 e. The van der Waals surface area contributed by atoms with E-state index in [1.165, 1.54) is 25.7 Å². The molecule has 2 amide bonds. The highest BCUT2D eigenvalue weighted by Gasteiger charge is 2.26. The molecule has 2 heterocycles. The first-order valence-corrected chi connectivity index (χ1v) is 11.9. The van der Waals surface area contributed by atoms with Crippen molar-refractivity contribution in [2.75, 3.05) is 49.5 Å². The van der Waals surface area contributed by atoms with Crippen LogP contribution in [0.3, 0.4) is 0 Å². The van der Waals surface area contributed by atoms with Gasteiger partial charge < -0.3 is 20.4 Å². The largest absolute Gasteiger partial charge is 0.371 e. The van der Waals surface area contributed by atoms with E-state index in [1.54, 1.807) is 0 Å². The van der Waals surface area contributed by atoms with E-state index < -0.39 is 0 Å². The molecule has 0 unspecified atom stereocenters. The molecule has 1 aromatic carbocycles. The minimum Gasteiger partial charge on any atom is -0.371 e. The zero-order valence-corrected chi connectivity index (χ0v) is 18.1. The summed E-state index contributed by atoms with van der Waals surface area (Å²) in [6, 6.07) is 5.77. The number of likely N-dealkylation sites (tertiary alicyclic amines) is 1. The molecule has 30 heavy (non-hydrogen) atoms. The molecule has 1 saturated carbocycles. The minimum absolute atomic E-state index is 0.00977. The summed E-state index contributed by atoms with van der Waals surface area (Å²) in [7, 11) is 0. The standard InChI is InChI=1S/C24H36N4O2/c29-23(19-8-7-9-19)26-20-10-11-21(22(18-20)28-15-5-2-6-16-28)24(30)25-12-17-27-13-3-1-4-14-27/h10-11,18-19H,1-9,12-17H2,(H,25,30)(H,26,29). The lowest BCUT2D eigenvalue weighted by molar-refractivity contribution is -0.122. The van der Waals surface area contributed by atoms with Gasteiger partial charge in [-0.25, -0.2) is 0 Å². The van der Waals surface area contributed by atoms with Crippen LogP contribution >= 0.6 is 0 Å². The smallest absolute Gasteiger partial charge is 0.253 e. The molecule has 0 atom stereocenters. The summed E-state index contributed by atoms with van der Waals surface area (Å²) in [6.45, 7) is 5.81. The van der Waals surface area contributed by atoms with Gasteiger partial charge in [-0.05, 0) is 76.2 Å². The second-order valence-electron chi connectivity index (χ2n) is 9.05. The maximum atomic E-state index is 13.0. The van der Waals surface area contributed by atoms with E-state index in [9.17, 15) is 9.59 Å². The average molecular weight is 413 g/mol. The molecule has 6 nitrogen and oxygen atoms in total. The fourth-order valence-electron chi connectivity index (χ4n) is 4.72. The number of hydrogen-bond acceptors (Lipinski definition) is 4. The van der Waals surface area contributed by atoms with Gasteiger partial charge in [-0.2, -0.15) is 0 Å². The van der Waals surface area contributed by atoms with E-state index in [0.717, 1.165) is 81.8 Å². The highest BCUT2D eigenvalue weighted by atomic mass is 16.2. The molecule has 0 bridgehead atoms. The van der Waals surface area contributed by atoms with Crippen LogP contribution in [-0.2, 0) is 4.79 Å². The van der Waals surface area contributed by atoms with Gasteiger partial charge in [-0.15, -0.1) is 0 Å². The van der Waals surface area contributed by atoms with Crippen LogP contribution in [-0.4, -0.2) is 56.0 Å². The third-order valence-corrected chi connectivity index (χ3v) is 6.84. The van der Waals surface area contributed by atoms with Gasteiger partial charge in [-0.3, -0.25) is 9.59 Å². The fraction of sp³-hybridized carbons (Fsp3) is 0.667. The summed E-state index contributed by atoms with van der Waals surface area (Å²) < 4.78 is 0. The molecular formula is C24H36N4O2. The number of benzene rings is 1. The second kappa shape index (κ2) is 10.3. The summed E-state index contributed by atoms with van der Waals surface area (Å²) in [5, 5.41) is 6.20. The lowest BCUT2D eigenvalue weighted by atomic mass is 9.85. The van der Waals surface area contributed by atoms with E-state index in [1.807, 2.05) is 18.2 Å². The van der Waals surface area contributed by atoms with Crippen molar-refractivity contribution in [1.82, 2.24) is 10.2 Å². The number of rotatable bonds is 7. The van der Waals surface area contributed by atoms with E-state index >= 15 is 0 Å². The molecule has 164 valence electrons. The van der Waals surface area contributed by atoms with Gasteiger partial charge in [0.15, 0.2) is 0 Å². The predicted octanol–water partition coefficient (Wildman–Crippen LogP) is 3.63. The molecular weight excluding hydrogens is 376 g/mol. The number of anilines is 2. The van der Waals surface area contributed by atoms with Crippen molar-refractivity contribution < 1.29 is 9.59 Å². The van der Waals surface area contributed by atoms with Gasteiger partial charge >= 0.3 is 0 Å². The van der Waals surface area contributed by atoms with Crippen molar-refractivity contribution >= 4 is 23.2 Å². The van der Waals surface area contributed by atoms with Crippen LogP contribution in [0.15, 0.2) is 18.2 Å². The molecule has 6 heteroatoms. The maximum absolute atomic E-state index is 13.0. The third-order valence-electron chi connectivity index (χ3n) is 6.84. The first-order valence-electron chi connectivity index (χ1n) is 11.9. The first-order chi connectivity index (χ1) is 14.7. The van der Waals surface area contributed by atoms with E-state index in [2.05, 4.69) is 20.4 Å². The van der Waals surface area contributed by atoms with Crippen molar-refractivity contribution in [2.24, 2.45) is 5.92 Å². The first kappa shape index (κ1) is 21.2. The normalized spacial score (nSPS) is 20.5. The van der Waals surface area contributed by atoms with Crippen LogP contribution in [0.25, 0.3) is 0 Å². The van der Waals surface area contributed by atoms with Crippen LogP contribution < -0.4 is 15.5 Å². The average Bonchev–Trinajstić information content (AvgIpc) is 2.74. The van der Waals surface area contributed by atoms with Crippen molar-refractivity contribution in [3.8, 4) is 0 Å². The number of carbonyl (C=O) groups is 2. The summed E-state index contributed by atoms with van der Waals surface area (Å²) in [6.07, 6.45) is 10.5. The molecule has 2 aliphatic heterocycles. The zero-order chi connectivity index (χ0) is 20.8. The van der Waals surface area contributed by atoms with Gasteiger partial charge in [0, 0.05) is 37.8 Å². The Morgan fingerprint density at radius 2 is 1.60 bits per heavy atom. The van der Waals surface area contributed by atoms with Crippen LogP contribution in [0.1, 0.15) is 68.1 Å². The fourth-order valence-corrected chi connectivity index (χ4v) is 4.72. The van der Waals surface area contributed by atoms with Crippen LogP contribution in [0, 0.1) is 5.92 Å². The number of hydrogen-bond donors (Lipinski definition) is 2.